The number of nitrogens with zero attached hydrogens (tertiary/aromatic N) is 1. The average molecular weight is 365 g/mol. The molecule has 1 aromatic rings. The summed E-state index contributed by atoms with van der Waals surface area (Å²) in [5.41, 5.74) is 2.61. The molecule has 2 atom stereocenters. The molecule has 1 aromatic carbocycles. The number of carbonyl (C=O) groups is 1. The molecule has 2 unspecified atom stereocenters. The summed E-state index contributed by atoms with van der Waals surface area (Å²) >= 11 is 0. The van der Waals surface area contributed by atoms with E-state index in [1.54, 1.807) is 13.0 Å². The first-order chi connectivity index (χ1) is 11.7. The number of carbonyl (C=O) groups excluding carboxylic acids is 1. The van der Waals surface area contributed by atoms with Crippen LogP contribution >= 0.6 is 0 Å². The van der Waals surface area contributed by atoms with Gasteiger partial charge in [-0.3, -0.25) is 4.79 Å². The molecule has 25 heavy (non-hydrogen) atoms. The molecule has 136 valence electrons. The van der Waals surface area contributed by atoms with Crippen LogP contribution in [0.15, 0.2) is 36.0 Å². The van der Waals surface area contributed by atoms with Crippen LogP contribution in [0.3, 0.4) is 0 Å². The molecule has 0 bridgehead atoms. The molecule has 6 nitrogen and oxygen atoms in total. The second kappa shape index (κ2) is 7.39. The molecule has 0 amide bonds. The standard InChI is InChI=1S/C18H23NO5S/c1-5-13-7-9-14(10-8-13)16-11-15(24-19-16)12-18(3,25(4,21)22)17(20)23-6-2/h5,7-10,15H,1,6,11-12H2,2-4H3. The maximum Gasteiger partial charge on any atom is 0.327 e. The van der Waals surface area contributed by atoms with Crippen LogP contribution in [0, 0.1) is 0 Å². The monoisotopic (exact) mass is 365 g/mol. The molecule has 0 saturated carbocycles. The highest BCUT2D eigenvalue weighted by molar-refractivity contribution is 7.92. The van der Waals surface area contributed by atoms with Crippen LogP contribution < -0.4 is 0 Å². The van der Waals surface area contributed by atoms with Gasteiger partial charge in [0.1, 0.15) is 6.10 Å². The third-order valence-electron chi connectivity index (χ3n) is 4.36. The predicted octanol–water partition coefficient (Wildman–Crippen LogP) is 2.58. The summed E-state index contributed by atoms with van der Waals surface area (Å²) in [6.45, 7) is 6.84. The minimum atomic E-state index is -3.68. The number of hydrogen-bond acceptors (Lipinski definition) is 6. The third-order valence-corrected chi connectivity index (χ3v) is 6.33. The molecule has 2 rings (SSSR count). The maximum absolute atomic E-state index is 12.2. The van der Waals surface area contributed by atoms with Crippen LogP contribution in [0.4, 0.5) is 0 Å². The van der Waals surface area contributed by atoms with Crippen molar-refractivity contribution in [3.8, 4) is 0 Å². The first-order valence-corrected chi connectivity index (χ1v) is 9.92. The van der Waals surface area contributed by atoms with Gasteiger partial charge in [-0.15, -0.1) is 0 Å². The van der Waals surface area contributed by atoms with E-state index >= 15 is 0 Å². The Morgan fingerprint density at radius 1 is 1.44 bits per heavy atom. The fourth-order valence-corrected chi connectivity index (χ4v) is 3.47. The van der Waals surface area contributed by atoms with Gasteiger partial charge < -0.3 is 9.57 Å². The molecule has 0 radical (unpaired) electrons. The van der Waals surface area contributed by atoms with Crippen LogP contribution in [0.1, 0.15) is 37.8 Å². The Hall–Kier alpha value is -2.15. The molecule has 1 aliphatic rings. The lowest BCUT2D eigenvalue weighted by Gasteiger charge is -2.27. The summed E-state index contributed by atoms with van der Waals surface area (Å²) in [5, 5.41) is 4.06. The van der Waals surface area contributed by atoms with E-state index in [0.29, 0.717) is 6.42 Å². The summed E-state index contributed by atoms with van der Waals surface area (Å²) < 4.78 is 27.7. The van der Waals surface area contributed by atoms with Crippen molar-refractivity contribution in [2.45, 2.75) is 37.5 Å². The van der Waals surface area contributed by atoms with E-state index in [4.69, 9.17) is 9.57 Å². The van der Waals surface area contributed by atoms with Crippen molar-refractivity contribution in [2.24, 2.45) is 5.16 Å². The SMILES string of the molecule is C=Cc1ccc(C2=NOC(CC(C)(C(=O)OCC)S(C)(=O)=O)C2)cc1. The van der Waals surface area contributed by atoms with Gasteiger partial charge in [0.05, 0.1) is 12.3 Å². The largest absolute Gasteiger partial charge is 0.465 e. The summed E-state index contributed by atoms with van der Waals surface area (Å²) in [4.78, 5) is 17.6. The molecular formula is C18H23NO5S. The average Bonchev–Trinajstić information content (AvgIpc) is 3.02. The van der Waals surface area contributed by atoms with E-state index in [1.807, 2.05) is 24.3 Å². The Morgan fingerprint density at radius 3 is 2.60 bits per heavy atom. The minimum absolute atomic E-state index is 0.0115. The number of ether oxygens (including phenoxy) is 1. The lowest BCUT2D eigenvalue weighted by molar-refractivity contribution is -0.146. The summed E-state index contributed by atoms with van der Waals surface area (Å²) in [5.74, 6) is -0.759. The Balaban J connectivity index is 2.13. The lowest BCUT2D eigenvalue weighted by Crippen LogP contribution is -2.47. The number of rotatable bonds is 7. The first-order valence-electron chi connectivity index (χ1n) is 8.03. The van der Waals surface area contributed by atoms with Gasteiger partial charge >= 0.3 is 5.97 Å². The zero-order valence-corrected chi connectivity index (χ0v) is 15.5. The zero-order valence-electron chi connectivity index (χ0n) is 14.7. The molecule has 0 fully saturated rings. The lowest BCUT2D eigenvalue weighted by atomic mass is 9.97. The van der Waals surface area contributed by atoms with Crippen molar-refractivity contribution in [3.05, 3.63) is 42.0 Å². The maximum atomic E-state index is 12.2. The molecule has 0 spiro atoms. The third kappa shape index (κ3) is 4.10. The van der Waals surface area contributed by atoms with Gasteiger partial charge in [-0.1, -0.05) is 42.1 Å². The highest BCUT2D eigenvalue weighted by atomic mass is 32.2. The highest BCUT2D eigenvalue weighted by Gasteiger charge is 2.48. The molecule has 0 saturated heterocycles. The number of sulfone groups is 1. The van der Waals surface area contributed by atoms with Crippen molar-refractivity contribution in [2.75, 3.05) is 12.9 Å². The van der Waals surface area contributed by atoms with Gasteiger partial charge in [-0.05, 0) is 25.0 Å². The first kappa shape index (κ1) is 19.2. The summed E-state index contributed by atoms with van der Waals surface area (Å²) in [6, 6.07) is 7.64. The Morgan fingerprint density at radius 2 is 2.08 bits per heavy atom. The number of benzene rings is 1. The van der Waals surface area contributed by atoms with Crippen molar-refractivity contribution in [1.29, 1.82) is 0 Å². The number of oxime groups is 1. The molecule has 0 N–H and O–H groups in total. The van der Waals surface area contributed by atoms with Gasteiger partial charge in [0, 0.05) is 19.1 Å². The van der Waals surface area contributed by atoms with Crippen LogP contribution in [0.2, 0.25) is 0 Å². The van der Waals surface area contributed by atoms with Crippen molar-refractivity contribution < 1.29 is 22.8 Å². The summed E-state index contributed by atoms with van der Waals surface area (Å²) in [7, 11) is -3.68. The Bertz CT molecular complexity index is 782. The van der Waals surface area contributed by atoms with E-state index in [9.17, 15) is 13.2 Å². The fourth-order valence-electron chi connectivity index (χ4n) is 2.62. The topological polar surface area (TPSA) is 82.0 Å². The second-order valence-corrected chi connectivity index (χ2v) is 8.67. The Kier molecular flexibility index (Phi) is 5.67. The van der Waals surface area contributed by atoms with Gasteiger partial charge in [0.25, 0.3) is 0 Å². The van der Waals surface area contributed by atoms with E-state index < -0.39 is 26.7 Å². The molecule has 0 aromatic heterocycles. The van der Waals surface area contributed by atoms with Crippen LogP contribution in [-0.2, 0) is 24.2 Å². The van der Waals surface area contributed by atoms with Crippen LogP contribution in [-0.4, -0.2) is 43.8 Å². The predicted molar refractivity (Wildman–Crippen MR) is 97.1 cm³/mol. The van der Waals surface area contributed by atoms with Gasteiger partial charge in [0.15, 0.2) is 14.6 Å². The molecule has 1 heterocycles. The fraction of sp³-hybridized carbons (Fsp3) is 0.444. The molecule has 0 aliphatic carbocycles. The van der Waals surface area contributed by atoms with Gasteiger partial charge in [-0.2, -0.15) is 0 Å². The zero-order chi connectivity index (χ0) is 18.7. The van der Waals surface area contributed by atoms with E-state index in [0.717, 1.165) is 23.1 Å². The van der Waals surface area contributed by atoms with Crippen LogP contribution in [0.5, 0.6) is 0 Å². The molecular weight excluding hydrogens is 342 g/mol. The highest BCUT2D eigenvalue weighted by Crippen LogP contribution is 2.30. The van der Waals surface area contributed by atoms with Gasteiger partial charge in [0.2, 0.25) is 0 Å². The number of hydrogen-bond donors (Lipinski definition) is 0. The van der Waals surface area contributed by atoms with Crippen molar-refractivity contribution >= 4 is 27.6 Å². The molecule has 7 heteroatoms. The van der Waals surface area contributed by atoms with Gasteiger partial charge in [-0.25, -0.2) is 8.42 Å². The second-order valence-electron chi connectivity index (χ2n) is 6.22. The number of esters is 1. The quantitative estimate of drug-likeness (QED) is 0.694. The Labute approximate surface area is 148 Å². The van der Waals surface area contributed by atoms with E-state index in [1.165, 1.54) is 6.92 Å². The van der Waals surface area contributed by atoms with Crippen molar-refractivity contribution in [3.63, 3.8) is 0 Å². The van der Waals surface area contributed by atoms with E-state index in [-0.39, 0.29) is 13.0 Å². The summed E-state index contributed by atoms with van der Waals surface area (Å²) in [6.07, 6.45) is 2.70. The van der Waals surface area contributed by atoms with Crippen molar-refractivity contribution in [1.82, 2.24) is 0 Å². The molecule has 1 aliphatic heterocycles. The normalized spacial score (nSPS) is 19.5. The minimum Gasteiger partial charge on any atom is -0.465 e. The van der Waals surface area contributed by atoms with E-state index in [2.05, 4.69) is 11.7 Å². The smallest absolute Gasteiger partial charge is 0.327 e. The van der Waals surface area contributed by atoms with Crippen LogP contribution in [0.25, 0.3) is 6.08 Å².